The molecule has 0 spiro atoms. The molecular weight excluding hydrogens is 100 g/mol. The first kappa shape index (κ1) is 7.40. The SMILES string of the molecule is NC/C=C/C=C/CN. The lowest BCUT2D eigenvalue weighted by atomic mass is 10.4. The van der Waals surface area contributed by atoms with E-state index in [0.29, 0.717) is 13.1 Å². The molecule has 0 aromatic heterocycles. The summed E-state index contributed by atoms with van der Waals surface area (Å²) in [6.45, 7) is 1.18. The van der Waals surface area contributed by atoms with Crippen LogP contribution in [0.3, 0.4) is 0 Å². The van der Waals surface area contributed by atoms with Gasteiger partial charge in [0.15, 0.2) is 0 Å². The van der Waals surface area contributed by atoms with Crippen LogP contribution in [0, 0.1) is 0 Å². The van der Waals surface area contributed by atoms with Crippen molar-refractivity contribution < 1.29 is 0 Å². The minimum absolute atomic E-state index is 0.592. The van der Waals surface area contributed by atoms with E-state index in [-0.39, 0.29) is 0 Å². The molecule has 46 valence electrons. The van der Waals surface area contributed by atoms with Gasteiger partial charge in [-0.3, -0.25) is 0 Å². The Morgan fingerprint density at radius 3 is 1.50 bits per heavy atom. The molecule has 0 rings (SSSR count). The fraction of sp³-hybridized carbons (Fsp3) is 0.333. The average molecular weight is 112 g/mol. The lowest BCUT2D eigenvalue weighted by Gasteiger charge is -1.75. The second kappa shape index (κ2) is 6.40. The van der Waals surface area contributed by atoms with Gasteiger partial charge in [0.1, 0.15) is 0 Å². The van der Waals surface area contributed by atoms with Crippen molar-refractivity contribution in [3.63, 3.8) is 0 Å². The summed E-state index contributed by atoms with van der Waals surface area (Å²) < 4.78 is 0. The molecule has 0 atom stereocenters. The van der Waals surface area contributed by atoms with E-state index in [1.807, 2.05) is 24.3 Å². The summed E-state index contributed by atoms with van der Waals surface area (Å²) in [4.78, 5) is 0. The van der Waals surface area contributed by atoms with Crippen LogP contribution in [0.15, 0.2) is 24.3 Å². The molecule has 0 radical (unpaired) electrons. The lowest BCUT2D eigenvalue weighted by molar-refractivity contribution is 1.24. The second-order valence-corrected chi connectivity index (χ2v) is 1.33. The highest BCUT2D eigenvalue weighted by Gasteiger charge is 1.61. The van der Waals surface area contributed by atoms with Gasteiger partial charge in [0.25, 0.3) is 0 Å². The Bertz CT molecular complexity index is 72.5. The van der Waals surface area contributed by atoms with Gasteiger partial charge in [0.2, 0.25) is 0 Å². The molecule has 0 aliphatic carbocycles. The zero-order chi connectivity index (χ0) is 6.24. The summed E-state index contributed by atoms with van der Waals surface area (Å²) in [5.74, 6) is 0. The minimum Gasteiger partial charge on any atom is -0.327 e. The number of hydrogen-bond acceptors (Lipinski definition) is 2. The van der Waals surface area contributed by atoms with Crippen molar-refractivity contribution >= 4 is 0 Å². The van der Waals surface area contributed by atoms with Gasteiger partial charge >= 0.3 is 0 Å². The molecule has 0 aliphatic rings. The number of rotatable bonds is 3. The van der Waals surface area contributed by atoms with E-state index in [9.17, 15) is 0 Å². The van der Waals surface area contributed by atoms with E-state index in [2.05, 4.69) is 0 Å². The van der Waals surface area contributed by atoms with E-state index in [1.165, 1.54) is 0 Å². The first-order valence-corrected chi connectivity index (χ1v) is 2.63. The van der Waals surface area contributed by atoms with Gasteiger partial charge in [-0.05, 0) is 0 Å². The molecule has 0 heterocycles. The van der Waals surface area contributed by atoms with Crippen LogP contribution in [0.25, 0.3) is 0 Å². The Morgan fingerprint density at radius 2 is 1.25 bits per heavy atom. The summed E-state index contributed by atoms with van der Waals surface area (Å²) in [5.41, 5.74) is 10.3. The topological polar surface area (TPSA) is 52.0 Å². The first-order chi connectivity index (χ1) is 3.91. The molecule has 0 aromatic carbocycles. The Hall–Kier alpha value is -0.600. The Labute approximate surface area is 49.9 Å². The van der Waals surface area contributed by atoms with Gasteiger partial charge in [-0.2, -0.15) is 0 Å². The quantitative estimate of drug-likeness (QED) is 0.505. The van der Waals surface area contributed by atoms with Crippen LogP contribution in [0.2, 0.25) is 0 Å². The fourth-order valence-electron chi connectivity index (χ4n) is 0.314. The zero-order valence-electron chi connectivity index (χ0n) is 4.88. The van der Waals surface area contributed by atoms with Crippen molar-refractivity contribution in [2.75, 3.05) is 13.1 Å². The summed E-state index contributed by atoms with van der Waals surface area (Å²) in [5, 5.41) is 0. The van der Waals surface area contributed by atoms with Crippen LogP contribution in [-0.4, -0.2) is 13.1 Å². The molecule has 0 amide bonds. The van der Waals surface area contributed by atoms with Gasteiger partial charge in [-0.1, -0.05) is 24.3 Å². The number of hydrogen-bond donors (Lipinski definition) is 2. The molecule has 0 bridgehead atoms. The normalized spacial score (nSPS) is 11.8. The molecule has 0 saturated heterocycles. The number of allylic oxidation sites excluding steroid dienone is 2. The lowest BCUT2D eigenvalue weighted by Crippen LogP contribution is -1.92. The van der Waals surface area contributed by atoms with Gasteiger partial charge in [0, 0.05) is 13.1 Å². The minimum atomic E-state index is 0.592. The first-order valence-electron chi connectivity index (χ1n) is 2.63. The highest BCUT2D eigenvalue weighted by atomic mass is 14.5. The van der Waals surface area contributed by atoms with Crippen molar-refractivity contribution in [2.24, 2.45) is 11.5 Å². The van der Waals surface area contributed by atoms with Crippen LogP contribution >= 0.6 is 0 Å². The van der Waals surface area contributed by atoms with Gasteiger partial charge < -0.3 is 11.5 Å². The van der Waals surface area contributed by atoms with E-state index in [0.717, 1.165) is 0 Å². The molecule has 2 nitrogen and oxygen atoms in total. The average Bonchev–Trinajstić information content (AvgIpc) is 1.81. The Balaban J connectivity index is 3.13. The molecule has 0 unspecified atom stereocenters. The largest absolute Gasteiger partial charge is 0.327 e. The van der Waals surface area contributed by atoms with Crippen molar-refractivity contribution in [3.8, 4) is 0 Å². The monoisotopic (exact) mass is 112 g/mol. The van der Waals surface area contributed by atoms with Crippen molar-refractivity contribution in [3.05, 3.63) is 24.3 Å². The second-order valence-electron chi connectivity index (χ2n) is 1.33. The van der Waals surface area contributed by atoms with Crippen molar-refractivity contribution in [1.29, 1.82) is 0 Å². The Kier molecular flexibility index (Phi) is 5.92. The molecule has 2 heteroatoms. The maximum atomic E-state index is 5.16. The van der Waals surface area contributed by atoms with E-state index in [4.69, 9.17) is 11.5 Å². The van der Waals surface area contributed by atoms with Crippen molar-refractivity contribution in [1.82, 2.24) is 0 Å². The molecule has 0 aromatic rings. The summed E-state index contributed by atoms with van der Waals surface area (Å²) in [7, 11) is 0. The molecule has 8 heavy (non-hydrogen) atoms. The summed E-state index contributed by atoms with van der Waals surface area (Å²) >= 11 is 0. The molecule has 0 saturated carbocycles. The third-order valence-corrected chi connectivity index (χ3v) is 0.655. The van der Waals surface area contributed by atoms with E-state index in [1.54, 1.807) is 0 Å². The molecule has 4 N–H and O–H groups in total. The smallest absolute Gasteiger partial charge is 0.0109 e. The number of nitrogens with two attached hydrogens (primary N) is 2. The van der Waals surface area contributed by atoms with Crippen LogP contribution in [0.5, 0.6) is 0 Å². The van der Waals surface area contributed by atoms with Crippen LogP contribution < -0.4 is 11.5 Å². The third-order valence-electron chi connectivity index (χ3n) is 0.655. The van der Waals surface area contributed by atoms with Gasteiger partial charge in [-0.15, -0.1) is 0 Å². The van der Waals surface area contributed by atoms with Crippen molar-refractivity contribution in [2.45, 2.75) is 0 Å². The Morgan fingerprint density at radius 1 is 0.875 bits per heavy atom. The van der Waals surface area contributed by atoms with Crippen LogP contribution in [0.1, 0.15) is 0 Å². The predicted octanol–water partition coefficient (Wildman–Crippen LogP) is 0.0162. The molecule has 0 fully saturated rings. The molecular formula is C6H12N2. The van der Waals surface area contributed by atoms with Crippen LogP contribution in [0.4, 0.5) is 0 Å². The fourth-order valence-corrected chi connectivity index (χ4v) is 0.314. The standard InChI is InChI=1S/C6H12N2/c7-5-3-1-2-4-6-8/h1-4H,5-8H2/b3-1+,4-2+. The molecule has 0 aliphatic heterocycles. The summed E-state index contributed by atoms with van der Waals surface area (Å²) in [6.07, 6.45) is 7.50. The predicted molar refractivity (Wildman–Crippen MR) is 36.4 cm³/mol. The van der Waals surface area contributed by atoms with E-state index < -0.39 is 0 Å². The third kappa shape index (κ3) is 5.40. The highest BCUT2D eigenvalue weighted by Crippen LogP contribution is 1.71. The van der Waals surface area contributed by atoms with Gasteiger partial charge in [0.05, 0.1) is 0 Å². The summed E-state index contributed by atoms with van der Waals surface area (Å²) in [6, 6.07) is 0. The maximum Gasteiger partial charge on any atom is 0.0109 e. The maximum absolute atomic E-state index is 5.16. The zero-order valence-corrected chi connectivity index (χ0v) is 4.88. The highest BCUT2D eigenvalue weighted by molar-refractivity contribution is 5.02. The van der Waals surface area contributed by atoms with Gasteiger partial charge in [-0.25, -0.2) is 0 Å². The van der Waals surface area contributed by atoms with E-state index >= 15 is 0 Å². The van der Waals surface area contributed by atoms with Crippen LogP contribution in [-0.2, 0) is 0 Å².